The zero-order chi connectivity index (χ0) is 7.90. The van der Waals surface area contributed by atoms with Crippen LogP contribution in [0.4, 0.5) is 0 Å². The predicted molar refractivity (Wildman–Crippen MR) is 47.5 cm³/mol. The van der Waals surface area contributed by atoms with Crippen molar-refractivity contribution in [3.05, 3.63) is 0 Å². The Kier molecular flexibility index (Phi) is 1.71. The largest absolute Gasteiger partial charge is 0.316 e. The van der Waals surface area contributed by atoms with Crippen LogP contribution in [0.3, 0.4) is 0 Å². The molecule has 2 unspecified atom stereocenters. The maximum atomic E-state index is 3.50. The maximum absolute atomic E-state index is 3.50. The van der Waals surface area contributed by atoms with E-state index < -0.39 is 0 Å². The summed E-state index contributed by atoms with van der Waals surface area (Å²) in [5.74, 6) is 1.93. The Morgan fingerprint density at radius 2 is 2.18 bits per heavy atom. The van der Waals surface area contributed by atoms with Crippen molar-refractivity contribution in [2.75, 3.05) is 13.1 Å². The lowest BCUT2D eigenvalue weighted by Gasteiger charge is -2.49. The van der Waals surface area contributed by atoms with Crippen LogP contribution < -0.4 is 5.32 Å². The highest BCUT2D eigenvalue weighted by atomic mass is 14.9. The Morgan fingerprint density at radius 1 is 1.36 bits per heavy atom. The molecule has 1 N–H and O–H groups in total. The molecule has 1 aliphatic heterocycles. The molecular formula is C10H19N. The van der Waals surface area contributed by atoms with E-state index >= 15 is 0 Å². The first kappa shape index (κ1) is 7.60. The van der Waals surface area contributed by atoms with Crippen molar-refractivity contribution in [3.63, 3.8) is 0 Å². The molecule has 1 spiro atoms. The molecule has 2 rings (SSSR count). The van der Waals surface area contributed by atoms with E-state index in [4.69, 9.17) is 0 Å². The Labute approximate surface area is 69.6 Å². The van der Waals surface area contributed by atoms with E-state index in [1.54, 1.807) is 0 Å². The van der Waals surface area contributed by atoms with Gasteiger partial charge in [0.15, 0.2) is 0 Å². The average Bonchev–Trinajstić information content (AvgIpc) is 2.31. The van der Waals surface area contributed by atoms with Crippen LogP contribution in [0.5, 0.6) is 0 Å². The Hall–Kier alpha value is -0.0400. The number of nitrogens with one attached hydrogen (secondary N) is 1. The fourth-order valence-corrected chi connectivity index (χ4v) is 3.05. The van der Waals surface area contributed by atoms with Crippen LogP contribution in [0.1, 0.15) is 33.1 Å². The van der Waals surface area contributed by atoms with Gasteiger partial charge in [0.1, 0.15) is 0 Å². The Morgan fingerprint density at radius 3 is 2.55 bits per heavy atom. The summed E-state index contributed by atoms with van der Waals surface area (Å²) in [4.78, 5) is 0. The van der Waals surface area contributed by atoms with Crippen molar-refractivity contribution in [1.29, 1.82) is 0 Å². The first-order valence-corrected chi connectivity index (χ1v) is 4.95. The quantitative estimate of drug-likeness (QED) is 0.608. The van der Waals surface area contributed by atoms with Gasteiger partial charge in [-0.1, -0.05) is 13.8 Å². The third-order valence-electron chi connectivity index (χ3n) is 3.82. The van der Waals surface area contributed by atoms with Gasteiger partial charge in [0, 0.05) is 6.54 Å². The fourth-order valence-electron chi connectivity index (χ4n) is 3.05. The van der Waals surface area contributed by atoms with E-state index in [0.29, 0.717) is 0 Å². The lowest BCUT2D eigenvalue weighted by Crippen LogP contribution is -2.44. The van der Waals surface area contributed by atoms with Crippen molar-refractivity contribution in [2.45, 2.75) is 33.1 Å². The minimum absolute atomic E-state index is 0.744. The minimum atomic E-state index is 0.744. The average molecular weight is 153 g/mol. The third kappa shape index (κ3) is 1.01. The molecule has 1 aliphatic carbocycles. The molecule has 64 valence electrons. The van der Waals surface area contributed by atoms with Gasteiger partial charge in [-0.25, -0.2) is 0 Å². The van der Waals surface area contributed by atoms with Gasteiger partial charge in [-0.05, 0) is 43.1 Å². The smallest absolute Gasteiger partial charge is 0.00110 e. The van der Waals surface area contributed by atoms with Crippen LogP contribution in [-0.2, 0) is 0 Å². The molecule has 0 amide bonds. The summed E-state index contributed by atoms with van der Waals surface area (Å²) in [6, 6.07) is 0. The van der Waals surface area contributed by atoms with E-state index in [1.807, 2.05) is 0 Å². The maximum Gasteiger partial charge on any atom is 0.00110 e. The highest BCUT2D eigenvalue weighted by Crippen LogP contribution is 2.53. The minimum Gasteiger partial charge on any atom is -0.316 e. The molecule has 0 bridgehead atoms. The number of hydrogen-bond acceptors (Lipinski definition) is 1. The molecule has 1 nitrogen and oxygen atoms in total. The van der Waals surface area contributed by atoms with Crippen LogP contribution in [0, 0.1) is 17.3 Å². The second-order valence-corrected chi connectivity index (χ2v) is 4.68. The van der Waals surface area contributed by atoms with Gasteiger partial charge in [0.05, 0.1) is 0 Å². The van der Waals surface area contributed by atoms with Gasteiger partial charge in [-0.3, -0.25) is 0 Å². The second-order valence-electron chi connectivity index (χ2n) is 4.68. The second kappa shape index (κ2) is 2.48. The summed E-state index contributed by atoms with van der Waals surface area (Å²) in [6.07, 6.45) is 4.41. The van der Waals surface area contributed by atoms with Crippen LogP contribution in [-0.4, -0.2) is 13.1 Å². The highest BCUT2D eigenvalue weighted by Gasteiger charge is 2.48. The molecule has 0 radical (unpaired) electrons. The highest BCUT2D eigenvalue weighted by molar-refractivity contribution is 5.01. The standard InChI is InChI=1S/C10H19N/c1-8(2)9-3-4-10(9)5-6-11-7-10/h8-9,11H,3-7H2,1-2H3. The third-order valence-corrected chi connectivity index (χ3v) is 3.82. The molecule has 2 aliphatic rings. The molecule has 1 heterocycles. The van der Waals surface area contributed by atoms with Crippen molar-refractivity contribution >= 4 is 0 Å². The summed E-state index contributed by atoms with van der Waals surface area (Å²) in [5.41, 5.74) is 0.744. The van der Waals surface area contributed by atoms with Crippen molar-refractivity contribution < 1.29 is 0 Å². The molecule has 1 saturated heterocycles. The summed E-state index contributed by atoms with van der Waals surface area (Å²) in [5, 5.41) is 3.50. The molecule has 0 aromatic carbocycles. The van der Waals surface area contributed by atoms with Crippen molar-refractivity contribution in [2.24, 2.45) is 17.3 Å². The molecule has 11 heavy (non-hydrogen) atoms. The van der Waals surface area contributed by atoms with Gasteiger partial charge in [0.25, 0.3) is 0 Å². The lowest BCUT2D eigenvalue weighted by atomic mass is 9.56. The zero-order valence-electron chi connectivity index (χ0n) is 7.69. The van der Waals surface area contributed by atoms with Crippen molar-refractivity contribution in [3.8, 4) is 0 Å². The van der Waals surface area contributed by atoms with E-state index in [9.17, 15) is 0 Å². The summed E-state index contributed by atoms with van der Waals surface area (Å²) in [7, 11) is 0. The molecule has 1 saturated carbocycles. The monoisotopic (exact) mass is 153 g/mol. The van der Waals surface area contributed by atoms with E-state index in [-0.39, 0.29) is 0 Å². The van der Waals surface area contributed by atoms with Gasteiger partial charge >= 0.3 is 0 Å². The normalized spacial score (nSPS) is 43.4. The molecular weight excluding hydrogens is 134 g/mol. The SMILES string of the molecule is CC(C)C1CCC12CCNC2. The molecule has 2 fully saturated rings. The van der Waals surface area contributed by atoms with E-state index in [0.717, 1.165) is 17.3 Å². The van der Waals surface area contributed by atoms with Crippen LogP contribution in [0.2, 0.25) is 0 Å². The predicted octanol–water partition coefficient (Wildman–Crippen LogP) is 2.03. The number of hydrogen-bond donors (Lipinski definition) is 1. The van der Waals surface area contributed by atoms with Crippen LogP contribution >= 0.6 is 0 Å². The Balaban J connectivity index is 2.03. The fraction of sp³-hybridized carbons (Fsp3) is 1.00. The summed E-state index contributed by atoms with van der Waals surface area (Å²) < 4.78 is 0. The summed E-state index contributed by atoms with van der Waals surface area (Å²) in [6.45, 7) is 7.33. The van der Waals surface area contributed by atoms with Crippen molar-refractivity contribution in [1.82, 2.24) is 5.32 Å². The molecule has 0 aromatic heterocycles. The van der Waals surface area contributed by atoms with E-state index in [1.165, 1.54) is 32.4 Å². The van der Waals surface area contributed by atoms with Crippen LogP contribution in [0.25, 0.3) is 0 Å². The van der Waals surface area contributed by atoms with Gasteiger partial charge in [0.2, 0.25) is 0 Å². The zero-order valence-corrected chi connectivity index (χ0v) is 7.69. The van der Waals surface area contributed by atoms with Gasteiger partial charge < -0.3 is 5.32 Å². The molecule has 2 atom stereocenters. The van der Waals surface area contributed by atoms with E-state index in [2.05, 4.69) is 19.2 Å². The molecule has 0 aromatic rings. The molecule has 1 heteroatoms. The van der Waals surface area contributed by atoms with Gasteiger partial charge in [-0.15, -0.1) is 0 Å². The lowest BCUT2D eigenvalue weighted by molar-refractivity contribution is 0.0155. The first-order chi connectivity index (χ1) is 5.25. The van der Waals surface area contributed by atoms with Crippen LogP contribution in [0.15, 0.2) is 0 Å². The number of rotatable bonds is 1. The topological polar surface area (TPSA) is 12.0 Å². The summed E-state index contributed by atoms with van der Waals surface area (Å²) >= 11 is 0. The first-order valence-electron chi connectivity index (χ1n) is 4.95. The van der Waals surface area contributed by atoms with Gasteiger partial charge in [-0.2, -0.15) is 0 Å². The Bertz CT molecular complexity index is 145.